The summed E-state index contributed by atoms with van der Waals surface area (Å²) in [5, 5.41) is 11.0. The average Bonchev–Trinajstić information content (AvgIpc) is 1.61. The molecule has 0 bridgehead atoms. The van der Waals surface area contributed by atoms with Crippen molar-refractivity contribution < 1.29 is 5.11 Å². The highest BCUT2D eigenvalue weighted by Crippen LogP contribution is 1.67. The lowest BCUT2D eigenvalue weighted by Crippen LogP contribution is -2.37. The van der Waals surface area contributed by atoms with Crippen LogP contribution in [0.3, 0.4) is 0 Å². The van der Waals surface area contributed by atoms with Crippen molar-refractivity contribution >= 4 is 0 Å². The van der Waals surface area contributed by atoms with Crippen LogP contribution in [0.1, 0.15) is 13.3 Å². The summed E-state index contributed by atoms with van der Waals surface area (Å²) >= 11 is 0. The molecule has 0 aliphatic heterocycles. The molecule has 0 aromatic carbocycles. The molecule has 0 aromatic heterocycles. The van der Waals surface area contributed by atoms with Gasteiger partial charge in [0, 0.05) is 0 Å². The van der Waals surface area contributed by atoms with Gasteiger partial charge in [0.05, 0.1) is 0 Å². The predicted octanol–water partition coefficient (Wildman–Crippen LogP) is -0.779. The minimum atomic E-state index is -0.847. The van der Waals surface area contributed by atoms with Gasteiger partial charge in [0.15, 0.2) is 6.35 Å². The van der Waals surface area contributed by atoms with Crippen LogP contribution in [-0.2, 0) is 0 Å². The summed E-state index contributed by atoms with van der Waals surface area (Å²) in [6.07, 6.45) is 0.147. The van der Waals surface area contributed by atoms with Crippen LogP contribution in [0.4, 0.5) is 0 Å². The molecule has 0 spiro atoms. The van der Waals surface area contributed by atoms with Crippen molar-refractivity contribution in [2.24, 2.45) is 5.73 Å². The molecular weight excluding hydrogens is 92.1 g/mol. The molecule has 1 unspecified atom stereocenters. The first-order valence-electron chi connectivity index (χ1n) is 2.44. The van der Waals surface area contributed by atoms with Gasteiger partial charge >= 0.3 is 0 Å². The summed E-state index contributed by atoms with van der Waals surface area (Å²) < 4.78 is 0. The Balaban J connectivity index is 2.68. The lowest BCUT2D eigenvalue weighted by Gasteiger charge is -2.02. The van der Waals surface area contributed by atoms with Gasteiger partial charge in [-0.25, -0.2) is 0 Å². The zero-order chi connectivity index (χ0) is 5.70. The topological polar surface area (TPSA) is 58.3 Å². The van der Waals surface area contributed by atoms with Gasteiger partial charge in [0.2, 0.25) is 0 Å². The monoisotopic (exact) mass is 104 g/mol. The minimum absolute atomic E-state index is 0.775. The molecule has 3 nitrogen and oxygen atoms in total. The van der Waals surface area contributed by atoms with Gasteiger partial charge < -0.3 is 5.11 Å². The second-order valence-electron chi connectivity index (χ2n) is 1.40. The van der Waals surface area contributed by atoms with Crippen LogP contribution < -0.4 is 11.1 Å². The van der Waals surface area contributed by atoms with Gasteiger partial charge in [-0.15, -0.1) is 0 Å². The number of nitrogens with one attached hydrogen (secondary N) is 1. The highest BCUT2D eigenvalue weighted by molar-refractivity contribution is 4.39. The molecule has 0 aromatic rings. The Morgan fingerprint density at radius 2 is 2.43 bits per heavy atom. The van der Waals surface area contributed by atoms with Gasteiger partial charge in [-0.05, 0) is 13.0 Å². The van der Waals surface area contributed by atoms with Crippen LogP contribution in [-0.4, -0.2) is 18.0 Å². The van der Waals surface area contributed by atoms with E-state index in [-0.39, 0.29) is 0 Å². The van der Waals surface area contributed by atoms with Gasteiger partial charge in [0.1, 0.15) is 0 Å². The molecule has 0 amide bonds. The lowest BCUT2D eigenvalue weighted by molar-refractivity contribution is 0.145. The Hall–Kier alpha value is -0.120. The fourth-order valence-corrected chi connectivity index (χ4v) is 0.292. The van der Waals surface area contributed by atoms with Crippen molar-refractivity contribution in [2.45, 2.75) is 19.7 Å². The number of aliphatic hydroxyl groups excluding tert-OH is 1. The van der Waals surface area contributed by atoms with E-state index in [2.05, 4.69) is 5.32 Å². The Bertz CT molecular complexity index is 38.7. The first kappa shape index (κ1) is 6.88. The van der Waals surface area contributed by atoms with E-state index in [9.17, 15) is 0 Å². The fraction of sp³-hybridized carbons (Fsp3) is 1.00. The van der Waals surface area contributed by atoms with E-state index in [1.54, 1.807) is 0 Å². The van der Waals surface area contributed by atoms with E-state index < -0.39 is 6.35 Å². The van der Waals surface area contributed by atoms with E-state index >= 15 is 0 Å². The van der Waals surface area contributed by atoms with Crippen LogP contribution >= 0.6 is 0 Å². The first-order valence-corrected chi connectivity index (χ1v) is 2.44. The smallest absolute Gasteiger partial charge is 0.157 e. The maximum atomic E-state index is 8.35. The molecule has 0 rings (SSSR count). The van der Waals surface area contributed by atoms with Crippen LogP contribution in [0.15, 0.2) is 0 Å². The van der Waals surface area contributed by atoms with E-state index in [0.29, 0.717) is 0 Å². The Morgan fingerprint density at radius 1 is 1.86 bits per heavy atom. The summed E-state index contributed by atoms with van der Waals surface area (Å²) in [4.78, 5) is 0. The van der Waals surface area contributed by atoms with Crippen LogP contribution in [0, 0.1) is 0 Å². The third kappa shape index (κ3) is 5.88. The molecule has 0 aliphatic carbocycles. The van der Waals surface area contributed by atoms with E-state index in [0.717, 1.165) is 13.0 Å². The molecular formula is C4H12N2O. The number of aliphatic hydroxyl groups is 1. The van der Waals surface area contributed by atoms with Gasteiger partial charge in [-0.1, -0.05) is 6.92 Å². The molecule has 0 aliphatic rings. The molecule has 44 valence electrons. The first-order chi connectivity index (χ1) is 3.27. The lowest BCUT2D eigenvalue weighted by atomic mass is 10.5. The Kier molecular flexibility index (Phi) is 3.98. The summed E-state index contributed by atoms with van der Waals surface area (Å²) in [6.45, 7) is 2.78. The van der Waals surface area contributed by atoms with Crippen LogP contribution in [0.25, 0.3) is 0 Å². The highest BCUT2D eigenvalue weighted by atomic mass is 16.3. The second-order valence-corrected chi connectivity index (χ2v) is 1.40. The maximum absolute atomic E-state index is 8.35. The van der Waals surface area contributed by atoms with Gasteiger partial charge in [-0.3, -0.25) is 11.1 Å². The maximum Gasteiger partial charge on any atom is 0.157 e. The summed E-state index contributed by atoms with van der Waals surface area (Å²) in [5.74, 6) is 0. The molecule has 3 heteroatoms. The minimum Gasteiger partial charge on any atom is -0.366 e. The van der Waals surface area contributed by atoms with Crippen molar-refractivity contribution in [3.05, 3.63) is 0 Å². The third-order valence-electron chi connectivity index (χ3n) is 0.603. The van der Waals surface area contributed by atoms with Gasteiger partial charge in [0.25, 0.3) is 0 Å². The van der Waals surface area contributed by atoms with E-state index in [4.69, 9.17) is 10.8 Å². The largest absolute Gasteiger partial charge is 0.366 e. The summed E-state index contributed by atoms with van der Waals surface area (Å²) in [6, 6.07) is 0. The Labute approximate surface area is 43.5 Å². The number of nitrogens with two attached hydrogens (primary N) is 1. The van der Waals surface area contributed by atoms with Crippen molar-refractivity contribution in [1.29, 1.82) is 0 Å². The highest BCUT2D eigenvalue weighted by Gasteiger charge is 1.86. The summed E-state index contributed by atoms with van der Waals surface area (Å²) in [7, 11) is 0. The van der Waals surface area contributed by atoms with E-state index in [1.165, 1.54) is 0 Å². The second kappa shape index (κ2) is 4.05. The zero-order valence-corrected chi connectivity index (χ0v) is 4.52. The normalized spacial score (nSPS) is 14.1. The van der Waals surface area contributed by atoms with Crippen LogP contribution in [0.5, 0.6) is 0 Å². The molecule has 1 atom stereocenters. The number of rotatable bonds is 3. The number of hydrogen-bond acceptors (Lipinski definition) is 3. The van der Waals surface area contributed by atoms with E-state index in [1.807, 2.05) is 6.92 Å². The third-order valence-corrected chi connectivity index (χ3v) is 0.603. The van der Waals surface area contributed by atoms with Crippen molar-refractivity contribution in [3.63, 3.8) is 0 Å². The Morgan fingerprint density at radius 3 is 2.57 bits per heavy atom. The average molecular weight is 104 g/mol. The molecule has 4 N–H and O–H groups in total. The molecule has 0 fully saturated rings. The fourth-order valence-electron chi connectivity index (χ4n) is 0.292. The standard InChI is InChI=1S/C4H12N2O/c1-2-3-6-4(5)7/h4,6-7H,2-3,5H2,1H3. The van der Waals surface area contributed by atoms with Crippen LogP contribution in [0.2, 0.25) is 0 Å². The van der Waals surface area contributed by atoms with Crippen molar-refractivity contribution in [3.8, 4) is 0 Å². The zero-order valence-electron chi connectivity index (χ0n) is 4.52. The van der Waals surface area contributed by atoms with Crippen molar-refractivity contribution in [2.75, 3.05) is 6.54 Å². The predicted molar refractivity (Wildman–Crippen MR) is 28.5 cm³/mol. The van der Waals surface area contributed by atoms with Crippen molar-refractivity contribution in [1.82, 2.24) is 5.32 Å². The molecule has 0 radical (unpaired) electrons. The summed E-state index contributed by atoms with van der Waals surface area (Å²) in [5.41, 5.74) is 4.92. The molecule has 0 saturated heterocycles. The SMILES string of the molecule is CCCNC(N)O. The van der Waals surface area contributed by atoms with Gasteiger partial charge in [-0.2, -0.15) is 0 Å². The molecule has 0 heterocycles. The molecule has 0 saturated carbocycles. The molecule has 7 heavy (non-hydrogen) atoms. The number of hydrogen-bond donors (Lipinski definition) is 3. The quantitative estimate of drug-likeness (QED) is 0.412.